The number of alkyl halides is 3. The summed E-state index contributed by atoms with van der Waals surface area (Å²) in [6.45, 7) is 1.49. The Kier molecular flexibility index (Phi) is 9.69. The Morgan fingerprint density at radius 1 is 0.829 bits per heavy atom. The average molecular weight is 614 g/mol. The standard InChI is InChI=1S/C30H23ClF3N3O2S2/c1-18(38)19-10-13-22(14-11-19)35-29(40)36-23-8-5-9-24(17-23)41-27(20-6-3-2-4-7-20)28(39)37-26-16-21(30(32,33)34)12-15-25(26)31/h2-17,27H,1H3,(H,37,39)(H2,35,36,40). The van der Waals surface area contributed by atoms with Crippen LogP contribution in [0, 0.1) is 0 Å². The van der Waals surface area contributed by atoms with Gasteiger partial charge >= 0.3 is 6.18 Å². The third-order valence-electron chi connectivity index (χ3n) is 5.79. The summed E-state index contributed by atoms with van der Waals surface area (Å²) < 4.78 is 39.8. The van der Waals surface area contributed by atoms with Crippen molar-refractivity contribution in [1.29, 1.82) is 0 Å². The number of amides is 1. The van der Waals surface area contributed by atoms with Crippen LogP contribution in [0.3, 0.4) is 0 Å². The fraction of sp³-hybridized carbons (Fsp3) is 0.100. The van der Waals surface area contributed by atoms with Gasteiger partial charge in [-0.3, -0.25) is 9.59 Å². The van der Waals surface area contributed by atoms with Crippen LogP contribution in [0.15, 0.2) is 102 Å². The zero-order valence-electron chi connectivity index (χ0n) is 21.5. The summed E-state index contributed by atoms with van der Waals surface area (Å²) in [6, 6.07) is 25.8. The van der Waals surface area contributed by atoms with Gasteiger partial charge in [0, 0.05) is 21.8 Å². The second-order valence-electron chi connectivity index (χ2n) is 8.83. The van der Waals surface area contributed by atoms with Crippen molar-refractivity contribution in [2.24, 2.45) is 0 Å². The van der Waals surface area contributed by atoms with E-state index in [9.17, 15) is 22.8 Å². The number of hydrogen-bond donors (Lipinski definition) is 3. The molecule has 0 heterocycles. The summed E-state index contributed by atoms with van der Waals surface area (Å²) in [5.74, 6) is -0.570. The molecule has 4 aromatic rings. The average Bonchev–Trinajstić information content (AvgIpc) is 2.93. The monoisotopic (exact) mass is 613 g/mol. The third-order valence-corrected chi connectivity index (χ3v) is 7.57. The number of Topliss-reactive ketones (excluding diaryl/α,β-unsaturated/α-hetero) is 1. The Morgan fingerprint density at radius 3 is 2.17 bits per heavy atom. The second-order valence-corrected chi connectivity index (χ2v) is 10.8. The zero-order chi connectivity index (χ0) is 29.6. The lowest BCUT2D eigenvalue weighted by Crippen LogP contribution is -2.20. The number of benzene rings is 4. The highest BCUT2D eigenvalue weighted by Gasteiger charge is 2.31. The Labute approximate surface area is 249 Å². The number of halogens is 4. The Morgan fingerprint density at radius 2 is 1.51 bits per heavy atom. The smallest absolute Gasteiger partial charge is 0.332 e. The topological polar surface area (TPSA) is 70.2 Å². The minimum Gasteiger partial charge on any atom is -0.332 e. The van der Waals surface area contributed by atoms with E-state index in [4.69, 9.17) is 23.8 Å². The molecule has 0 aliphatic carbocycles. The third kappa shape index (κ3) is 8.32. The maximum atomic E-state index is 13.4. The predicted molar refractivity (Wildman–Crippen MR) is 163 cm³/mol. The SMILES string of the molecule is CC(=O)c1ccc(NC(=S)Nc2cccc(SC(C(=O)Nc3cc(C(F)(F)F)ccc3Cl)c3ccccc3)c2)cc1. The molecule has 4 rings (SSSR count). The largest absolute Gasteiger partial charge is 0.416 e. The van der Waals surface area contributed by atoms with Crippen molar-refractivity contribution in [1.82, 2.24) is 0 Å². The first kappa shape index (κ1) is 30.1. The van der Waals surface area contributed by atoms with Gasteiger partial charge in [0.2, 0.25) is 5.91 Å². The Hall–Kier alpha value is -3.86. The van der Waals surface area contributed by atoms with Crippen molar-refractivity contribution in [2.45, 2.75) is 23.2 Å². The van der Waals surface area contributed by atoms with Gasteiger partial charge in [-0.05, 0) is 85.4 Å². The second kappa shape index (κ2) is 13.2. The molecule has 0 saturated heterocycles. The van der Waals surface area contributed by atoms with Gasteiger partial charge in [0.25, 0.3) is 0 Å². The molecule has 4 aromatic carbocycles. The molecule has 0 bridgehead atoms. The molecule has 0 aromatic heterocycles. The molecule has 0 spiro atoms. The van der Waals surface area contributed by atoms with Crippen LogP contribution < -0.4 is 16.0 Å². The number of rotatable bonds is 8. The fourth-order valence-corrected chi connectivity index (χ4v) is 5.25. The van der Waals surface area contributed by atoms with Crippen molar-refractivity contribution in [3.05, 3.63) is 119 Å². The van der Waals surface area contributed by atoms with Crippen LogP contribution in [0.5, 0.6) is 0 Å². The highest BCUT2D eigenvalue weighted by molar-refractivity contribution is 8.00. The maximum Gasteiger partial charge on any atom is 0.416 e. The van der Waals surface area contributed by atoms with Gasteiger partial charge in [-0.25, -0.2) is 0 Å². The molecule has 0 fully saturated rings. The lowest BCUT2D eigenvalue weighted by Gasteiger charge is -2.19. The van der Waals surface area contributed by atoms with Crippen LogP contribution in [0.2, 0.25) is 5.02 Å². The quantitative estimate of drug-likeness (QED) is 0.105. The summed E-state index contributed by atoms with van der Waals surface area (Å²) in [5, 5.41) is 8.22. The number of thioether (sulfide) groups is 1. The van der Waals surface area contributed by atoms with Crippen LogP contribution in [0.25, 0.3) is 0 Å². The lowest BCUT2D eigenvalue weighted by atomic mass is 10.1. The summed E-state index contributed by atoms with van der Waals surface area (Å²) in [5.41, 5.74) is 1.55. The number of thiocarbonyl (C=S) groups is 1. The number of anilines is 3. The van der Waals surface area contributed by atoms with E-state index in [1.165, 1.54) is 18.7 Å². The highest BCUT2D eigenvalue weighted by atomic mass is 35.5. The Balaban J connectivity index is 1.51. The zero-order valence-corrected chi connectivity index (χ0v) is 23.8. The minimum absolute atomic E-state index is 0.00805. The van der Waals surface area contributed by atoms with E-state index in [1.54, 1.807) is 72.8 Å². The first-order valence-electron chi connectivity index (χ1n) is 12.2. The van der Waals surface area contributed by atoms with Gasteiger partial charge in [-0.15, -0.1) is 11.8 Å². The molecule has 3 N–H and O–H groups in total. The molecule has 210 valence electrons. The molecule has 41 heavy (non-hydrogen) atoms. The van der Waals surface area contributed by atoms with Gasteiger partial charge in [0.15, 0.2) is 10.9 Å². The molecule has 1 amide bonds. The maximum absolute atomic E-state index is 13.4. The van der Waals surface area contributed by atoms with Gasteiger partial charge in [-0.1, -0.05) is 48.0 Å². The summed E-state index contributed by atoms with van der Waals surface area (Å²) >= 11 is 12.8. The molecule has 1 unspecified atom stereocenters. The van der Waals surface area contributed by atoms with Crippen LogP contribution in [0.4, 0.5) is 30.2 Å². The van der Waals surface area contributed by atoms with Crippen molar-refractivity contribution in [2.75, 3.05) is 16.0 Å². The van der Waals surface area contributed by atoms with Crippen molar-refractivity contribution in [3.63, 3.8) is 0 Å². The van der Waals surface area contributed by atoms with Crippen molar-refractivity contribution < 1.29 is 22.8 Å². The molecular formula is C30H23ClF3N3O2S2. The van der Waals surface area contributed by atoms with Crippen LogP contribution >= 0.6 is 35.6 Å². The van der Waals surface area contributed by atoms with Gasteiger partial charge in [0.1, 0.15) is 5.25 Å². The van der Waals surface area contributed by atoms with Crippen LogP contribution in [-0.2, 0) is 11.0 Å². The molecule has 11 heteroatoms. The van der Waals surface area contributed by atoms with E-state index in [0.717, 1.165) is 18.2 Å². The molecule has 5 nitrogen and oxygen atoms in total. The minimum atomic E-state index is -4.58. The molecule has 0 aliphatic heterocycles. The highest BCUT2D eigenvalue weighted by Crippen LogP contribution is 2.39. The number of carbonyl (C=O) groups is 2. The van der Waals surface area contributed by atoms with E-state index in [1.807, 2.05) is 6.07 Å². The molecule has 0 radical (unpaired) electrons. The number of carbonyl (C=O) groups excluding carboxylic acids is 2. The first-order chi connectivity index (χ1) is 19.5. The van der Waals surface area contributed by atoms with E-state index in [-0.39, 0.29) is 16.5 Å². The summed E-state index contributed by atoms with van der Waals surface area (Å²) in [4.78, 5) is 25.6. The fourth-order valence-electron chi connectivity index (χ4n) is 3.76. The van der Waals surface area contributed by atoms with E-state index < -0.39 is 22.9 Å². The summed E-state index contributed by atoms with van der Waals surface area (Å²) in [6.07, 6.45) is -4.58. The van der Waals surface area contributed by atoms with Crippen molar-refractivity contribution >= 4 is 69.4 Å². The molecule has 0 aliphatic rings. The van der Waals surface area contributed by atoms with Gasteiger partial charge < -0.3 is 16.0 Å². The summed E-state index contributed by atoms with van der Waals surface area (Å²) in [7, 11) is 0. The van der Waals surface area contributed by atoms with Crippen LogP contribution in [0.1, 0.15) is 33.7 Å². The predicted octanol–water partition coefficient (Wildman–Crippen LogP) is 8.84. The number of hydrogen-bond acceptors (Lipinski definition) is 4. The molecular weight excluding hydrogens is 591 g/mol. The molecule has 1 atom stereocenters. The van der Waals surface area contributed by atoms with Crippen LogP contribution in [-0.4, -0.2) is 16.8 Å². The van der Waals surface area contributed by atoms with Gasteiger partial charge in [-0.2, -0.15) is 13.2 Å². The lowest BCUT2D eigenvalue weighted by molar-refractivity contribution is -0.137. The number of nitrogens with one attached hydrogen (secondary N) is 3. The van der Waals surface area contributed by atoms with E-state index in [2.05, 4.69) is 16.0 Å². The Bertz CT molecular complexity index is 1570. The first-order valence-corrected chi connectivity index (χ1v) is 13.8. The number of ketones is 1. The molecule has 0 saturated carbocycles. The van der Waals surface area contributed by atoms with Gasteiger partial charge in [0.05, 0.1) is 16.3 Å². The van der Waals surface area contributed by atoms with E-state index in [0.29, 0.717) is 32.5 Å². The van der Waals surface area contributed by atoms with E-state index >= 15 is 0 Å². The normalized spacial score (nSPS) is 11.8. The van der Waals surface area contributed by atoms with Crippen molar-refractivity contribution in [3.8, 4) is 0 Å².